The first kappa shape index (κ1) is 34.3. The van der Waals surface area contributed by atoms with Crippen LogP contribution in [0.25, 0.3) is 0 Å². The number of hydrogen-bond acceptors (Lipinski definition) is 4. The average Bonchev–Trinajstić information content (AvgIpc) is 2.72. The molecule has 0 fully saturated rings. The Morgan fingerprint density at radius 1 is 0.750 bits per heavy atom. The molecular weight excluding hydrogens is 433 g/mol. The van der Waals surface area contributed by atoms with Gasteiger partial charge in [0.1, 0.15) is 0 Å². The Balaban J connectivity index is 0. The second-order valence-electron chi connectivity index (χ2n) is 8.83. The first-order valence-electron chi connectivity index (χ1n) is 12.7. The molecule has 0 N–H and O–H groups in total. The SMILES string of the molecule is CCCCCCCCCC/C=C/CCCCCCCCCC(=O)N(C)CCS(=O)(=O)[O-].[Na+]. The maximum Gasteiger partial charge on any atom is 1.00 e. The van der Waals surface area contributed by atoms with E-state index in [1.54, 1.807) is 7.05 Å². The van der Waals surface area contributed by atoms with E-state index in [9.17, 15) is 17.8 Å². The van der Waals surface area contributed by atoms with Crippen LogP contribution >= 0.6 is 0 Å². The Bertz CT molecular complexity index is 552. The van der Waals surface area contributed by atoms with Crippen molar-refractivity contribution in [3.05, 3.63) is 12.2 Å². The maximum atomic E-state index is 11.9. The first-order chi connectivity index (χ1) is 14.9. The van der Waals surface area contributed by atoms with Gasteiger partial charge in [0.2, 0.25) is 5.91 Å². The van der Waals surface area contributed by atoms with Crippen molar-refractivity contribution in [2.45, 2.75) is 122 Å². The van der Waals surface area contributed by atoms with Gasteiger partial charge in [-0.25, -0.2) is 8.42 Å². The second-order valence-corrected chi connectivity index (χ2v) is 10.3. The van der Waals surface area contributed by atoms with Crippen LogP contribution in [0, 0.1) is 0 Å². The monoisotopic (exact) mass is 481 g/mol. The van der Waals surface area contributed by atoms with E-state index in [0.29, 0.717) is 6.42 Å². The molecule has 0 aliphatic rings. The maximum absolute atomic E-state index is 11.9. The number of nitrogens with zero attached hydrogens (tertiary/aromatic N) is 1. The molecule has 0 spiro atoms. The normalized spacial score (nSPS) is 11.6. The number of rotatable bonds is 22. The van der Waals surface area contributed by atoms with Crippen LogP contribution in [0.4, 0.5) is 0 Å². The molecule has 0 atom stereocenters. The fourth-order valence-electron chi connectivity index (χ4n) is 3.62. The summed E-state index contributed by atoms with van der Waals surface area (Å²) in [5.41, 5.74) is 0. The van der Waals surface area contributed by atoms with E-state index in [1.165, 1.54) is 94.8 Å². The van der Waals surface area contributed by atoms with Gasteiger partial charge in [0.25, 0.3) is 0 Å². The van der Waals surface area contributed by atoms with E-state index in [1.807, 2.05) is 0 Å². The van der Waals surface area contributed by atoms with Gasteiger partial charge in [0.15, 0.2) is 0 Å². The first-order valence-corrected chi connectivity index (χ1v) is 14.3. The Labute approximate surface area is 221 Å². The third-order valence-electron chi connectivity index (χ3n) is 5.75. The number of unbranched alkanes of at least 4 members (excludes halogenated alkanes) is 15. The molecular formula is C25H48NNaO4S. The fraction of sp³-hybridized carbons (Fsp3) is 0.880. The summed E-state index contributed by atoms with van der Waals surface area (Å²) in [7, 11) is -2.70. The predicted molar refractivity (Wildman–Crippen MR) is 130 cm³/mol. The van der Waals surface area contributed by atoms with E-state index in [0.717, 1.165) is 19.3 Å². The topological polar surface area (TPSA) is 77.5 Å². The summed E-state index contributed by atoms with van der Waals surface area (Å²) in [4.78, 5) is 13.2. The van der Waals surface area contributed by atoms with Crippen molar-refractivity contribution >= 4 is 16.0 Å². The summed E-state index contributed by atoms with van der Waals surface area (Å²) in [5.74, 6) is -0.591. The summed E-state index contributed by atoms with van der Waals surface area (Å²) in [6, 6.07) is 0. The minimum Gasteiger partial charge on any atom is -0.748 e. The van der Waals surface area contributed by atoms with Crippen LogP contribution in [0.3, 0.4) is 0 Å². The van der Waals surface area contributed by atoms with Gasteiger partial charge < -0.3 is 9.45 Å². The van der Waals surface area contributed by atoms with Crippen LogP contribution in [0.15, 0.2) is 12.2 Å². The molecule has 0 aromatic rings. The van der Waals surface area contributed by atoms with Crippen LogP contribution in [0.5, 0.6) is 0 Å². The largest absolute Gasteiger partial charge is 1.00 e. The van der Waals surface area contributed by atoms with Gasteiger partial charge in [-0.15, -0.1) is 0 Å². The van der Waals surface area contributed by atoms with Crippen molar-refractivity contribution in [2.24, 2.45) is 0 Å². The third kappa shape index (κ3) is 26.4. The molecule has 0 rings (SSSR count). The van der Waals surface area contributed by atoms with Gasteiger partial charge in [0.05, 0.1) is 15.9 Å². The van der Waals surface area contributed by atoms with Gasteiger partial charge in [0, 0.05) is 20.0 Å². The van der Waals surface area contributed by atoms with E-state index in [-0.39, 0.29) is 42.0 Å². The third-order valence-corrected chi connectivity index (χ3v) is 6.44. The van der Waals surface area contributed by atoms with Crippen LogP contribution < -0.4 is 29.6 Å². The molecule has 0 saturated carbocycles. The summed E-state index contributed by atoms with van der Waals surface area (Å²) >= 11 is 0. The predicted octanol–water partition coefficient (Wildman–Crippen LogP) is 3.59. The smallest absolute Gasteiger partial charge is 0.748 e. The molecule has 5 nitrogen and oxygen atoms in total. The molecule has 7 heteroatoms. The number of carbonyl (C=O) groups is 1. The van der Waals surface area contributed by atoms with Crippen molar-refractivity contribution in [2.75, 3.05) is 19.3 Å². The Kier molecular flexibility index (Phi) is 26.0. The molecule has 0 heterocycles. The Morgan fingerprint density at radius 3 is 1.59 bits per heavy atom. The minimum atomic E-state index is -4.26. The second kappa shape index (κ2) is 24.3. The van der Waals surface area contributed by atoms with Crippen molar-refractivity contribution < 1.29 is 47.3 Å². The Morgan fingerprint density at radius 2 is 1.16 bits per heavy atom. The molecule has 32 heavy (non-hydrogen) atoms. The van der Waals surface area contributed by atoms with Crippen molar-refractivity contribution in [1.82, 2.24) is 4.90 Å². The summed E-state index contributed by atoms with van der Waals surface area (Å²) in [6.07, 6.45) is 26.6. The number of carbonyl (C=O) groups excluding carboxylic acids is 1. The zero-order valence-electron chi connectivity index (χ0n) is 21.3. The molecule has 0 radical (unpaired) electrons. The summed E-state index contributed by atoms with van der Waals surface area (Å²) in [6.45, 7) is 2.25. The molecule has 0 bridgehead atoms. The fourth-order valence-corrected chi connectivity index (χ4v) is 4.12. The molecule has 0 saturated heterocycles. The standard InChI is InChI=1S/C25H49NO4S.Na/c1-3-4-5-6-7-8-9-10-11-12-13-14-15-16-17-18-19-20-21-22-25(27)26(2)23-24-31(28,29)30;/h12-13H,3-11,14-24H2,1-2H3,(H,28,29,30);/q;+1/p-1/b13-12+;. The molecule has 1 amide bonds. The zero-order valence-corrected chi connectivity index (χ0v) is 24.1. The van der Waals surface area contributed by atoms with Gasteiger partial charge in [-0.3, -0.25) is 4.79 Å². The van der Waals surface area contributed by atoms with E-state index in [4.69, 9.17) is 0 Å². The molecule has 0 aliphatic heterocycles. The molecule has 184 valence electrons. The van der Waals surface area contributed by atoms with E-state index in [2.05, 4.69) is 19.1 Å². The van der Waals surface area contributed by atoms with E-state index < -0.39 is 15.9 Å². The molecule has 0 aromatic carbocycles. The van der Waals surface area contributed by atoms with Crippen molar-refractivity contribution in [3.8, 4) is 0 Å². The van der Waals surface area contributed by atoms with Crippen LogP contribution in [-0.4, -0.2) is 43.1 Å². The summed E-state index contributed by atoms with van der Waals surface area (Å²) in [5, 5.41) is 0. The number of allylic oxidation sites excluding steroid dienone is 2. The van der Waals surface area contributed by atoms with Gasteiger partial charge in [-0.05, 0) is 32.1 Å². The quantitative estimate of drug-likeness (QED) is 0.102. The van der Waals surface area contributed by atoms with Crippen LogP contribution in [-0.2, 0) is 14.9 Å². The van der Waals surface area contributed by atoms with Crippen LogP contribution in [0.2, 0.25) is 0 Å². The molecule has 0 aromatic heterocycles. The minimum absolute atomic E-state index is 0. The van der Waals surface area contributed by atoms with Crippen molar-refractivity contribution in [3.63, 3.8) is 0 Å². The summed E-state index contributed by atoms with van der Waals surface area (Å²) < 4.78 is 31.8. The average molecular weight is 482 g/mol. The zero-order chi connectivity index (χ0) is 23.2. The number of amides is 1. The van der Waals surface area contributed by atoms with Gasteiger partial charge in [-0.2, -0.15) is 0 Å². The molecule has 0 unspecified atom stereocenters. The number of hydrogen-bond donors (Lipinski definition) is 0. The van der Waals surface area contributed by atoms with Crippen LogP contribution in [0.1, 0.15) is 122 Å². The molecule has 0 aliphatic carbocycles. The van der Waals surface area contributed by atoms with E-state index >= 15 is 0 Å². The van der Waals surface area contributed by atoms with Gasteiger partial charge >= 0.3 is 29.6 Å². The Hall–Kier alpha value is 0.120. The van der Waals surface area contributed by atoms with Gasteiger partial charge in [-0.1, -0.05) is 96.1 Å². The van der Waals surface area contributed by atoms with Crippen molar-refractivity contribution in [1.29, 1.82) is 0 Å².